The van der Waals surface area contributed by atoms with Crippen LogP contribution in [0.4, 0.5) is 0 Å². The first-order chi connectivity index (χ1) is 16.1. The maximum atomic E-state index is 13.3. The average Bonchev–Trinajstić information content (AvgIpc) is 3.41. The van der Waals surface area contributed by atoms with E-state index in [9.17, 15) is 21.9 Å². The van der Waals surface area contributed by atoms with E-state index in [4.69, 9.17) is 0 Å². The van der Waals surface area contributed by atoms with E-state index in [2.05, 4.69) is 9.97 Å². The van der Waals surface area contributed by atoms with E-state index >= 15 is 0 Å². The van der Waals surface area contributed by atoms with E-state index in [0.717, 1.165) is 3.97 Å². The molecular weight excluding hydrogens is 476 g/mol. The first-order valence-electron chi connectivity index (χ1n) is 11.1. The SMILES string of the molecule is C[C@@H](O)c1nc2cnc3c(ccn3S(=O)(=O)c3ccccc3)c2n1C1CCC(S(C)(=O)=O)CC1. The van der Waals surface area contributed by atoms with Crippen molar-refractivity contribution in [2.45, 2.75) is 54.9 Å². The van der Waals surface area contributed by atoms with E-state index in [1.54, 1.807) is 31.2 Å². The quantitative estimate of drug-likeness (QED) is 0.444. The number of benzene rings is 1. The second kappa shape index (κ2) is 8.17. The van der Waals surface area contributed by atoms with Crippen LogP contribution in [0.3, 0.4) is 0 Å². The van der Waals surface area contributed by atoms with Crippen molar-refractivity contribution in [3.05, 3.63) is 54.6 Å². The van der Waals surface area contributed by atoms with Crippen LogP contribution in [0, 0.1) is 0 Å². The monoisotopic (exact) mass is 502 g/mol. The van der Waals surface area contributed by atoms with Crippen molar-refractivity contribution >= 4 is 41.9 Å². The number of sulfone groups is 1. The number of hydrogen-bond donors (Lipinski definition) is 1. The third-order valence-electron chi connectivity index (χ3n) is 6.64. The highest BCUT2D eigenvalue weighted by molar-refractivity contribution is 7.91. The molecule has 0 aliphatic heterocycles. The van der Waals surface area contributed by atoms with Crippen molar-refractivity contribution in [2.24, 2.45) is 0 Å². The van der Waals surface area contributed by atoms with Crippen LogP contribution < -0.4 is 0 Å². The first-order valence-corrected chi connectivity index (χ1v) is 14.5. The molecule has 1 aromatic carbocycles. The van der Waals surface area contributed by atoms with Gasteiger partial charge in [0.05, 0.1) is 21.9 Å². The van der Waals surface area contributed by atoms with Gasteiger partial charge in [0.2, 0.25) is 0 Å². The Hall–Kier alpha value is -2.76. The Kier molecular flexibility index (Phi) is 5.53. The summed E-state index contributed by atoms with van der Waals surface area (Å²) in [6, 6.07) is 9.81. The van der Waals surface area contributed by atoms with Gasteiger partial charge in [-0.05, 0) is 50.8 Å². The molecule has 0 saturated heterocycles. The molecule has 1 aliphatic carbocycles. The van der Waals surface area contributed by atoms with Crippen molar-refractivity contribution in [2.75, 3.05) is 6.26 Å². The van der Waals surface area contributed by atoms with Gasteiger partial charge in [0.15, 0.2) is 5.65 Å². The van der Waals surface area contributed by atoms with E-state index in [1.165, 1.54) is 30.8 Å². The van der Waals surface area contributed by atoms with Gasteiger partial charge in [-0.15, -0.1) is 0 Å². The van der Waals surface area contributed by atoms with Crippen molar-refractivity contribution in [1.82, 2.24) is 18.5 Å². The molecule has 1 aliphatic rings. The van der Waals surface area contributed by atoms with E-state index in [1.807, 2.05) is 4.57 Å². The van der Waals surface area contributed by atoms with Crippen molar-refractivity contribution < 1.29 is 21.9 Å². The van der Waals surface area contributed by atoms with Crippen molar-refractivity contribution in [3.63, 3.8) is 0 Å². The second-order valence-electron chi connectivity index (χ2n) is 8.94. The Morgan fingerprint density at radius 3 is 2.32 bits per heavy atom. The summed E-state index contributed by atoms with van der Waals surface area (Å²) in [6.45, 7) is 1.63. The zero-order chi connectivity index (χ0) is 24.3. The van der Waals surface area contributed by atoms with E-state index in [-0.39, 0.29) is 21.8 Å². The van der Waals surface area contributed by atoms with Crippen LogP contribution >= 0.6 is 0 Å². The number of hydrogen-bond acceptors (Lipinski definition) is 7. The van der Waals surface area contributed by atoms with Gasteiger partial charge in [0, 0.05) is 23.9 Å². The molecule has 11 heteroatoms. The highest BCUT2D eigenvalue weighted by Gasteiger charge is 2.32. The van der Waals surface area contributed by atoms with Crippen LogP contribution in [0.1, 0.15) is 50.6 Å². The standard InChI is InChI=1S/C23H26N4O5S2/c1-15(28)22-25-20-14-24-23-19(12-13-26(23)34(31,32)18-6-4-3-5-7-18)21(20)27(22)16-8-10-17(11-9-16)33(2,29)30/h3-7,12-17,28H,8-11H2,1-2H3/t15-,16?,17?/m1/s1. The fourth-order valence-corrected chi connectivity index (χ4v) is 7.41. The molecule has 5 rings (SSSR count). The summed E-state index contributed by atoms with van der Waals surface area (Å²) in [5, 5.41) is 10.7. The molecule has 1 atom stereocenters. The predicted molar refractivity (Wildman–Crippen MR) is 129 cm³/mol. The van der Waals surface area contributed by atoms with Crippen LogP contribution in [0.15, 0.2) is 53.7 Å². The van der Waals surface area contributed by atoms with Crippen molar-refractivity contribution in [1.29, 1.82) is 0 Å². The zero-order valence-corrected chi connectivity index (χ0v) is 20.5. The van der Waals surface area contributed by atoms with E-state index in [0.29, 0.717) is 47.9 Å². The maximum Gasteiger partial charge on any atom is 0.269 e. The number of aromatic nitrogens is 4. The third kappa shape index (κ3) is 3.71. The largest absolute Gasteiger partial charge is 0.385 e. The number of aliphatic hydroxyl groups is 1. The normalized spacial score (nSPS) is 20.7. The Morgan fingerprint density at radius 2 is 1.71 bits per heavy atom. The average molecular weight is 503 g/mol. The lowest BCUT2D eigenvalue weighted by atomic mass is 9.94. The minimum atomic E-state index is -3.85. The molecule has 4 aromatic rings. The number of aliphatic hydroxyl groups excluding tert-OH is 1. The van der Waals surface area contributed by atoms with Gasteiger partial charge in [-0.25, -0.2) is 30.8 Å². The first kappa shape index (κ1) is 23.0. The van der Waals surface area contributed by atoms with Crippen LogP contribution in [0.25, 0.3) is 22.1 Å². The van der Waals surface area contributed by atoms with Gasteiger partial charge in [-0.1, -0.05) is 18.2 Å². The summed E-state index contributed by atoms with van der Waals surface area (Å²) in [5.74, 6) is 0.464. The molecule has 3 heterocycles. The zero-order valence-electron chi connectivity index (χ0n) is 18.9. The molecule has 1 N–H and O–H groups in total. The molecule has 1 saturated carbocycles. The summed E-state index contributed by atoms with van der Waals surface area (Å²) in [7, 11) is -6.97. The smallest absolute Gasteiger partial charge is 0.269 e. The van der Waals surface area contributed by atoms with Gasteiger partial charge in [-0.3, -0.25) is 0 Å². The summed E-state index contributed by atoms with van der Waals surface area (Å²) >= 11 is 0. The van der Waals surface area contributed by atoms with Gasteiger partial charge in [0.25, 0.3) is 10.0 Å². The fraction of sp³-hybridized carbons (Fsp3) is 0.391. The Bertz CT molecular complexity index is 1580. The van der Waals surface area contributed by atoms with Gasteiger partial charge in [0.1, 0.15) is 27.3 Å². The maximum absolute atomic E-state index is 13.3. The van der Waals surface area contributed by atoms with Crippen LogP contribution in [0.5, 0.6) is 0 Å². The number of imidazole rings is 1. The fourth-order valence-electron chi connectivity index (χ4n) is 4.96. The predicted octanol–water partition coefficient (Wildman–Crippen LogP) is 3.20. The summed E-state index contributed by atoms with van der Waals surface area (Å²) in [5.41, 5.74) is 1.54. The Labute approximate surface area is 198 Å². The van der Waals surface area contributed by atoms with Crippen LogP contribution in [-0.2, 0) is 19.9 Å². The number of nitrogens with zero attached hydrogens (tertiary/aromatic N) is 4. The topological polar surface area (TPSA) is 124 Å². The molecule has 0 bridgehead atoms. The molecule has 34 heavy (non-hydrogen) atoms. The number of pyridine rings is 1. The van der Waals surface area contributed by atoms with Crippen LogP contribution in [-0.4, -0.2) is 52.0 Å². The van der Waals surface area contributed by atoms with Gasteiger partial charge < -0.3 is 9.67 Å². The lowest BCUT2D eigenvalue weighted by molar-refractivity contribution is 0.178. The molecule has 0 radical (unpaired) electrons. The van der Waals surface area contributed by atoms with Gasteiger partial charge in [-0.2, -0.15) is 0 Å². The third-order valence-corrected chi connectivity index (χ3v) is 10.0. The lowest BCUT2D eigenvalue weighted by Gasteiger charge is -2.30. The summed E-state index contributed by atoms with van der Waals surface area (Å²) < 4.78 is 53.7. The van der Waals surface area contributed by atoms with Crippen molar-refractivity contribution in [3.8, 4) is 0 Å². The molecule has 3 aromatic heterocycles. The molecule has 1 fully saturated rings. The summed E-state index contributed by atoms with van der Waals surface area (Å²) in [6.07, 6.45) is 5.73. The second-order valence-corrected chi connectivity index (χ2v) is 13.1. The molecule has 0 amide bonds. The summed E-state index contributed by atoms with van der Waals surface area (Å²) in [4.78, 5) is 9.18. The molecule has 0 unspecified atom stereocenters. The highest BCUT2D eigenvalue weighted by Crippen LogP contribution is 2.38. The lowest BCUT2D eigenvalue weighted by Crippen LogP contribution is -2.28. The van der Waals surface area contributed by atoms with Gasteiger partial charge >= 0.3 is 0 Å². The molecular formula is C23H26N4O5S2. The molecule has 9 nitrogen and oxygen atoms in total. The number of fused-ring (bicyclic) bond motifs is 3. The Morgan fingerprint density at radius 1 is 1.03 bits per heavy atom. The minimum Gasteiger partial charge on any atom is -0.385 e. The molecule has 180 valence electrons. The van der Waals surface area contributed by atoms with Crippen LogP contribution in [0.2, 0.25) is 0 Å². The number of rotatable bonds is 5. The highest BCUT2D eigenvalue weighted by atomic mass is 32.2. The minimum absolute atomic E-state index is 0.0627. The molecule has 0 spiro atoms. The Balaban J connectivity index is 1.67. The van der Waals surface area contributed by atoms with E-state index < -0.39 is 26.0 Å².